The molecule has 132 valence electrons. The molecule has 5 nitrogen and oxygen atoms in total. The van der Waals surface area contributed by atoms with Gasteiger partial charge < -0.3 is 5.32 Å². The molecule has 1 fully saturated rings. The normalized spacial score (nSPS) is 13.7. The highest BCUT2D eigenvalue weighted by Crippen LogP contribution is 2.40. The summed E-state index contributed by atoms with van der Waals surface area (Å²) in [5, 5.41) is 6.82. The Bertz CT molecular complexity index is 978. The van der Waals surface area contributed by atoms with Crippen LogP contribution < -0.4 is 5.32 Å². The fourth-order valence-corrected chi connectivity index (χ4v) is 2.81. The van der Waals surface area contributed by atoms with Crippen LogP contribution in [0.25, 0.3) is 5.82 Å². The molecule has 0 bridgehead atoms. The van der Waals surface area contributed by atoms with E-state index >= 15 is 0 Å². The number of anilines is 1. The van der Waals surface area contributed by atoms with Crippen LogP contribution in [0.4, 0.5) is 14.5 Å². The van der Waals surface area contributed by atoms with E-state index in [9.17, 15) is 13.6 Å². The number of halogens is 2. The SMILES string of the molecule is Cc1cc(C2CC2)n(-c2ccc(C(=O)Nc3cccc(F)c3F)cn2)n1. The van der Waals surface area contributed by atoms with E-state index in [0.29, 0.717) is 11.7 Å². The Morgan fingerprint density at radius 1 is 1.23 bits per heavy atom. The Morgan fingerprint density at radius 2 is 2.04 bits per heavy atom. The van der Waals surface area contributed by atoms with Crippen LogP contribution in [0, 0.1) is 18.6 Å². The topological polar surface area (TPSA) is 59.8 Å². The lowest BCUT2D eigenvalue weighted by Crippen LogP contribution is -2.14. The van der Waals surface area contributed by atoms with Gasteiger partial charge in [-0.05, 0) is 50.1 Å². The Hall–Kier alpha value is -3.09. The summed E-state index contributed by atoms with van der Waals surface area (Å²) in [5.74, 6) is -1.54. The minimum absolute atomic E-state index is 0.210. The Labute approximate surface area is 148 Å². The molecule has 1 amide bonds. The molecule has 0 atom stereocenters. The summed E-state index contributed by atoms with van der Waals surface area (Å²) in [6, 6.07) is 8.94. The van der Waals surface area contributed by atoms with E-state index in [2.05, 4.69) is 15.4 Å². The number of rotatable bonds is 4. The monoisotopic (exact) mass is 354 g/mol. The number of hydrogen-bond donors (Lipinski definition) is 1. The van der Waals surface area contributed by atoms with Crippen molar-refractivity contribution in [1.29, 1.82) is 0 Å². The summed E-state index contributed by atoms with van der Waals surface area (Å²) in [7, 11) is 0. The minimum atomic E-state index is -1.09. The van der Waals surface area contributed by atoms with Gasteiger partial charge in [0.15, 0.2) is 17.5 Å². The number of carbonyl (C=O) groups is 1. The third-order valence-corrected chi connectivity index (χ3v) is 4.28. The second-order valence-corrected chi connectivity index (χ2v) is 6.36. The van der Waals surface area contributed by atoms with Crippen LogP contribution >= 0.6 is 0 Å². The molecule has 0 unspecified atom stereocenters. The molecule has 1 N–H and O–H groups in total. The van der Waals surface area contributed by atoms with Gasteiger partial charge in [-0.25, -0.2) is 18.4 Å². The van der Waals surface area contributed by atoms with Crippen LogP contribution in [0.5, 0.6) is 0 Å². The first-order chi connectivity index (χ1) is 12.5. The number of benzene rings is 1. The Kier molecular flexibility index (Phi) is 3.99. The van der Waals surface area contributed by atoms with Gasteiger partial charge in [0.2, 0.25) is 0 Å². The van der Waals surface area contributed by atoms with Gasteiger partial charge in [0.25, 0.3) is 5.91 Å². The largest absolute Gasteiger partial charge is 0.319 e. The number of amides is 1. The molecule has 7 heteroatoms. The van der Waals surface area contributed by atoms with Crippen molar-refractivity contribution in [2.45, 2.75) is 25.7 Å². The van der Waals surface area contributed by atoms with E-state index in [-0.39, 0.29) is 11.3 Å². The second-order valence-electron chi connectivity index (χ2n) is 6.36. The third kappa shape index (κ3) is 3.08. The van der Waals surface area contributed by atoms with Gasteiger partial charge in [0.1, 0.15) is 0 Å². The summed E-state index contributed by atoms with van der Waals surface area (Å²) < 4.78 is 28.7. The maximum Gasteiger partial charge on any atom is 0.257 e. The molecule has 0 spiro atoms. The Balaban J connectivity index is 1.56. The lowest BCUT2D eigenvalue weighted by atomic mass is 10.2. The fourth-order valence-electron chi connectivity index (χ4n) is 2.81. The van der Waals surface area contributed by atoms with Crippen LogP contribution in [0.1, 0.15) is 40.5 Å². The van der Waals surface area contributed by atoms with Crippen LogP contribution in [0.3, 0.4) is 0 Å². The van der Waals surface area contributed by atoms with E-state index in [1.807, 2.05) is 13.0 Å². The highest BCUT2D eigenvalue weighted by atomic mass is 19.2. The van der Waals surface area contributed by atoms with Crippen LogP contribution in [-0.2, 0) is 0 Å². The van der Waals surface area contributed by atoms with Gasteiger partial charge in [0.05, 0.1) is 16.9 Å². The summed E-state index contributed by atoms with van der Waals surface area (Å²) in [6.07, 6.45) is 3.69. The first-order valence-corrected chi connectivity index (χ1v) is 8.31. The van der Waals surface area contributed by atoms with E-state index in [1.165, 1.54) is 18.3 Å². The summed E-state index contributed by atoms with van der Waals surface area (Å²) in [6.45, 7) is 1.93. The molecule has 2 aromatic heterocycles. The molecule has 0 saturated heterocycles. The van der Waals surface area contributed by atoms with Crippen molar-refractivity contribution in [2.75, 3.05) is 5.32 Å². The highest BCUT2D eigenvalue weighted by Gasteiger charge is 2.28. The van der Waals surface area contributed by atoms with E-state index in [4.69, 9.17) is 0 Å². The molecular formula is C19H16F2N4O. The minimum Gasteiger partial charge on any atom is -0.319 e. The average molecular weight is 354 g/mol. The molecular weight excluding hydrogens is 338 g/mol. The predicted octanol–water partition coefficient (Wildman–Crippen LogP) is 3.98. The van der Waals surface area contributed by atoms with E-state index in [1.54, 1.807) is 16.8 Å². The molecule has 26 heavy (non-hydrogen) atoms. The van der Waals surface area contributed by atoms with Crippen molar-refractivity contribution >= 4 is 11.6 Å². The number of hydrogen-bond acceptors (Lipinski definition) is 3. The van der Waals surface area contributed by atoms with Crippen LogP contribution in [0.2, 0.25) is 0 Å². The predicted molar refractivity (Wildman–Crippen MR) is 92.4 cm³/mol. The summed E-state index contributed by atoms with van der Waals surface area (Å²) in [4.78, 5) is 16.6. The number of aromatic nitrogens is 3. The molecule has 1 aromatic carbocycles. The molecule has 1 saturated carbocycles. The van der Waals surface area contributed by atoms with Crippen molar-refractivity contribution in [1.82, 2.24) is 14.8 Å². The zero-order chi connectivity index (χ0) is 18.3. The van der Waals surface area contributed by atoms with Gasteiger partial charge in [-0.3, -0.25) is 4.79 Å². The van der Waals surface area contributed by atoms with Crippen molar-refractivity contribution in [3.8, 4) is 5.82 Å². The number of pyridine rings is 1. The lowest BCUT2D eigenvalue weighted by molar-refractivity contribution is 0.102. The molecule has 3 aromatic rings. The summed E-state index contributed by atoms with van der Waals surface area (Å²) >= 11 is 0. The number of nitrogens with zero attached hydrogens (tertiary/aromatic N) is 3. The second kappa shape index (κ2) is 6.33. The molecule has 4 rings (SSSR count). The molecule has 2 heterocycles. The van der Waals surface area contributed by atoms with Gasteiger partial charge in [-0.2, -0.15) is 5.10 Å². The molecule has 1 aliphatic rings. The quantitative estimate of drug-likeness (QED) is 0.771. The number of nitrogens with one attached hydrogen (secondary N) is 1. The molecule has 0 aliphatic heterocycles. The molecule has 1 aliphatic carbocycles. The van der Waals surface area contributed by atoms with Crippen molar-refractivity contribution in [2.24, 2.45) is 0 Å². The van der Waals surface area contributed by atoms with Gasteiger partial charge in [-0.15, -0.1) is 0 Å². The van der Waals surface area contributed by atoms with Crippen molar-refractivity contribution in [3.63, 3.8) is 0 Å². The number of aryl methyl sites for hydroxylation is 1. The van der Waals surface area contributed by atoms with Gasteiger partial charge >= 0.3 is 0 Å². The maximum atomic E-state index is 13.7. The maximum absolute atomic E-state index is 13.7. The van der Waals surface area contributed by atoms with Gasteiger partial charge in [-0.1, -0.05) is 6.07 Å². The standard InChI is InChI=1S/C19H16F2N4O/c1-11-9-16(12-5-6-12)25(24-11)17-8-7-13(10-22-17)19(26)23-15-4-2-3-14(20)18(15)21/h2-4,7-10,12H,5-6H2,1H3,(H,23,26). The first-order valence-electron chi connectivity index (χ1n) is 8.31. The average Bonchev–Trinajstić information content (AvgIpc) is 3.41. The lowest BCUT2D eigenvalue weighted by Gasteiger charge is -2.08. The van der Waals surface area contributed by atoms with Crippen molar-refractivity contribution < 1.29 is 13.6 Å². The van der Waals surface area contributed by atoms with E-state index < -0.39 is 17.5 Å². The number of carbonyl (C=O) groups excluding carboxylic acids is 1. The smallest absolute Gasteiger partial charge is 0.257 e. The highest BCUT2D eigenvalue weighted by molar-refractivity contribution is 6.04. The molecule has 0 radical (unpaired) electrons. The zero-order valence-electron chi connectivity index (χ0n) is 14.0. The Morgan fingerprint density at radius 3 is 2.73 bits per heavy atom. The third-order valence-electron chi connectivity index (χ3n) is 4.28. The van der Waals surface area contributed by atoms with E-state index in [0.717, 1.165) is 30.3 Å². The van der Waals surface area contributed by atoms with Crippen LogP contribution in [-0.4, -0.2) is 20.7 Å². The zero-order valence-corrected chi connectivity index (χ0v) is 14.0. The van der Waals surface area contributed by atoms with Gasteiger partial charge in [0, 0.05) is 17.8 Å². The summed E-state index contributed by atoms with van der Waals surface area (Å²) in [5.41, 5.74) is 2.07. The van der Waals surface area contributed by atoms with Crippen LogP contribution in [0.15, 0.2) is 42.6 Å². The van der Waals surface area contributed by atoms with Crippen molar-refractivity contribution in [3.05, 3.63) is 71.2 Å². The fraction of sp³-hybridized carbons (Fsp3) is 0.211. The first kappa shape index (κ1) is 16.4.